The Hall–Kier alpha value is -1.50. The Kier molecular flexibility index (Phi) is 4.42. The molecule has 0 bridgehead atoms. The van der Waals surface area contributed by atoms with E-state index < -0.39 is 6.09 Å². The molecule has 22 heavy (non-hydrogen) atoms. The maximum Gasteiger partial charge on any atom is 0.407 e. The van der Waals surface area contributed by atoms with E-state index in [-0.39, 0.29) is 0 Å². The number of aromatic nitrogens is 1. The summed E-state index contributed by atoms with van der Waals surface area (Å²) in [5.74, 6) is 0. The van der Waals surface area contributed by atoms with Crippen LogP contribution >= 0.6 is 34.5 Å². The number of nitrogens with zero attached hydrogens (tertiary/aromatic N) is 3. The van der Waals surface area contributed by atoms with Gasteiger partial charge >= 0.3 is 6.09 Å². The highest BCUT2D eigenvalue weighted by Gasteiger charge is 2.22. The maximum atomic E-state index is 10.9. The van der Waals surface area contributed by atoms with E-state index >= 15 is 0 Å². The average molecular weight is 358 g/mol. The summed E-state index contributed by atoms with van der Waals surface area (Å²) >= 11 is 13.8. The van der Waals surface area contributed by atoms with Gasteiger partial charge in [0, 0.05) is 37.1 Å². The predicted molar refractivity (Wildman–Crippen MR) is 89.4 cm³/mol. The van der Waals surface area contributed by atoms with Gasteiger partial charge < -0.3 is 14.9 Å². The summed E-state index contributed by atoms with van der Waals surface area (Å²) in [5.41, 5.74) is 1.59. The minimum Gasteiger partial charge on any atom is -0.465 e. The van der Waals surface area contributed by atoms with Gasteiger partial charge in [-0.25, -0.2) is 9.78 Å². The zero-order chi connectivity index (χ0) is 15.7. The Morgan fingerprint density at radius 1 is 1.23 bits per heavy atom. The Morgan fingerprint density at radius 2 is 1.95 bits per heavy atom. The molecular formula is C14H13Cl2N3O2S. The fourth-order valence-corrected chi connectivity index (χ4v) is 3.60. The van der Waals surface area contributed by atoms with Crippen molar-refractivity contribution in [1.29, 1.82) is 0 Å². The van der Waals surface area contributed by atoms with Gasteiger partial charge in [-0.1, -0.05) is 35.3 Å². The van der Waals surface area contributed by atoms with Crippen molar-refractivity contribution in [2.75, 3.05) is 31.1 Å². The zero-order valence-corrected chi connectivity index (χ0v) is 13.8. The van der Waals surface area contributed by atoms with E-state index in [1.54, 1.807) is 6.07 Å². The molecule has 0 atom stereocenters. The Balaban J connectivity index is 1.77. The summed E-state index contributed by atoms with van der Waals surface area (Å²) < 4.78 is 0. The lowest BCUT2D eigenvalue weighted by Crippen LogP contribution is -2.48. The van der Waals surface area contributed by atoms with Crippen molar-refractivity contribution in [3.8, 4) is 11.3 Å². The first kappa shape index (κ1) is 15.4. The third kappa shape index (κ3) is 2.99. The van der Waals surface area contributed by atoms with Crippen molar-refractivity contribution in [3.05, 3.63) is 33.6 Å². The van der Waals surface area contributed by atoms with Crippen molar-refractivity contribution in [2.45, 2.75) is 0 Å². The van der Waals surface area contributed by atoms with Crippen LogP contribution in [0.4, 0.5) is 9.93 Å². The first-order valence-corrected chi connectivity index (χ1v) is 8.32. The van der Waals surface area contributed by atoms with Gasteiger partial charge in [0.2, 0.25) is 0 Å². The Labute approximate surface area is 141 Å². The summed E-state index contributed by atoms with van der Waals surface area (Å²) in [4.78, 5) is 19.0. The minimum absolute atomic E-state index is 0.488. The molecule has 1 N–H and O–H groups in total. The summed E-state index contributed by atoms with van der Waals surface area (Å²) in [6.45, 7) is 2.26. The molecule has 1 saturated heterocycles. The molecule has 3 rings (SSSR count). The summed E-state index contributed by atoms with van der Waals surface area (Å²) in [6, 6.07) is 5.47. The molecule has 1 aromatic heterocycles. The third-order valence-corrected chi connectivity index (χ3v) is 5.26. The molecule has 0 radical (unpaired) electrons. The van der Waals surface area contributed by atoms with Crippen molar-refractivity contribution in [3.63, 3.8) is 0 Å². The molecule has 0 aliphatic carbocycles. The normalized spacial score (nSPS) is 15.2. The van der Waals surface area contributed by atoms with Crippen LogP contribution in [0.2, 0.25) is 10.0 Å². The van der Waals surface area contributed by atoms with Crippen LogP contribution < -0.4 is 4.90 Å². The number of hydrogen-bond donors (Lipinski definition) is 1. The van der Waals surface area contributed by atoms with E-state index in [0.717, 1.165) is 16.4 Å². The smallest absolute Gasteiger partial charge is 0.407 e. The van der Waals surface area contributed by atoms with Crippen LogP contribution in [-0.4, -0.2) is 47.3 Å². The van der Waals surface area contributed by atoms with Crippen LogP contribution in [0, 0.1) is 0 Å². The first-order chi connectivity index (χ1) is 10.6. The van der Waals surface area contributed by atoms with Crippen LogP contribution in [0.5, 0.6) is 0 Å². The molecule has 2 heterocycles. The van der Waals surface area contributed by atoms with E-state index in [9.17, 15) is 4.79 Å². The fraction of sp³-hybridized carbons (Fsp3) is 0.286. The second kappa shape index (κ2) is 6.32. The summed E-state index contributed by atoms with van der Waals surface area (Å²) in [7, 11) is 0. The lowest BCUT2D eigenvalue weighted by atomic mass is 10.2. The molecule has 1 amide bonds. The molecule has 0 unspecified atom stereocenters. The number of halogens is 2. The Morgan fingerprint density at radius 3 is 2.64 bits per heavy atom. The highest BCUT2D eigenvalue weighted by Crippen LogP contribution is 2.35. The number of piperazine rings is 1. The van der Waals surface area contributed by atoms with Gasteiger partial charge in [0.25, 0.3) is 0 Å². The average Bonchev–Trinajstić information content (AvgIpc) is 3.00. The predicted octanol–water partition coefficient (Wildman–Crippen LogP) is 3.92. The summed E-state index contributed by atoms with van der Waals surface area (Å²) in [6.07, 6.45) is -0.870. The van der Waals surface area contributed by atoms with E-state index in [1.165, 1.54) is 16.2 Å². The van der Waals surface area contributed by atoms with Crippen LogP contribution in [0.3, 0.4) is 0 Å². The number of anilines is 1. The first-order valence-electron chi connectivity index (χ1n) is 6.69. The Bertz CT molecular complexity index is 699. The standard InChI is InChI=1S/C14H13Cl2N3O2S/c15-10-3-1-2-9(12(10)16)11-8-22-13(17-11)18-4-6-19(7-5-18)14(20)21/h1-3,8H,4-7H2,(H,20,21). The van der Waals surface area contributed by atoms with Crippen molar-refractivity contribution in [1.82, 2.24) is 9.88 Å². The van der Waals surface area contributed by atoms with Crippen LogP contribution in [0.1, 0.15) is 0 Å². The number of carbonyl (C=O) groups is 1. The topological polar surface area (TPSA) is 56.7 Å². The van der Waals surface area contributed by atoms with Gasteiger partial charge in [-0.3, -0.25) is 0 Å². The van der Waals surface area contributed by atoms with E-state index in [0.29, 0.717) is 36.2 Å². The van der Waals surface area contributed by atoms with Crippen LogP contribution in [-0.2, 0) is 0 Å². The molecule has 0 spiro atoms. The monoisotopic (exact) mass is 357 g/mol. The van der Waals surface area contributed by atoms with Gasteiger partial charge in [-0.15, -0.1) is 11.3 Å². The molecule has 5 nitrogen and oxygen atoms in total. The molecule has 1 aromatic carbocycles. The number of rotatable bonds is 2. The number of amides is 1. The van der Waals surface area contributed by atoms with Gasteiger partial charge in [-0.2, -0.15) is 0 Å². The highest BCUT2D eigenvalue weighted by atomic mass is 35.5. The van der Waals surface area contributed by atoms with E-state index in [2.05, 4.69) is 9.88 Å². The molecule has 0 saturated carbocycles. The maximum absolute atomic E-state index is 10.9. The number of hydrogen-bond acceptors (Lipinski definition) is 4. The zero-order valence-electron chi connectivity index (χ0n) is 11.5. The molecular weight excluding hydrogens is 345 g/mol. The van der Waals surface area contributed by atoms with Crippen LogP contribution in [0.15, 0.2) is 23.6 Å². The van der Waals surface area contributed by atoms with Gasteiger partial charge in [0.15, 0.2) is 5.13 Å². The minimum atomic E-state index is -0.870. The van der Waals surface area contributed by atoms with Gasteiger partial charge in [-0.05, 0) is 6.07 Å². The quantitative estimate of drug-likeness (QED) is 0.884. The molecule has 2 aromatic rings. The molecule has 116 valence electrons. The van der Waals surface area contributed by atoms with Crippen molar-refractivity contribution < 1.29 is 9.90 Å². The highest BCUT2D eigenvalue weighted by molar-refractivity contribution is 7.14. The second-order valence-corrected chi connectivity index (χ2v) is 6.50. The lowest BCUT2D eigenvalue weighted by Gasteiger charge is -2.32. The fourth-order valence-electron chi connectivity index (χ4n) is 2.32. The van der Waals surface area contributed by atoms with E-state index in [4.69, 9.17) is 28.3 Å². The number of benzene rings is 1. The lowest BCUT2D eigenvalue weighted by molar-refractivity contribution is 0.142. The number of carboxylic acid groups (broad SMARTS) is 1. The molecule has 1 fully saturated rings. The van der Waals surface area contributed by atoms with Crippen LogP contribution in [0.25, 0.3) is 11.3 Å². The van der Waals surface area contributed by atoms with Gasteiger partial charge in [0.05, 0.1) is 15.7 Å². The molecule has 1 aliphatic rings. The second-order valence-electron chi connectivity index (χ2n) is 4.87. The number of thiazole rings is 1. The van der Waals surface area contributed by atoms with Crippen molar-refractivity contribution >= 4 is 45.8 Å². The van der Waals surface area contributed by atoms with Gasteiger partial charge in [0.1, 0.15) is 0 Å². The largest absolute Gasteiger partial charge is 0.465 e. The summed E-state index contributed by atoms with van der Waals surface area (Å²) in [5, 5.41) is 12.8. The molecule has 1 aliphatic heterocycles. The molecule has 8 heteroatoms. The van der Waals surface area contributed by atoms with E-state index in [1.807, 2.05) is 17.5 Å². The third-order valence-electron chi connectivity index (χ3n) is 3.54. The SMILES string of the molecule is O=C(O)N1CCN(c2nc(-c3cccc(Cl)c3Cl)cs2)CC1. The van der Waals surface area contributed by atoms with Crippen molar-refractivity contribution in [2.24, 2.45) is 0 Å².